The van der Waals surface area contributed by atoms with Crippen LogP contribution in [0, 0.1) is 5.92 Å². The van der Waals surface area contributed by atoms with E-state index in [2.05, 4.69) is 16.5 Å². The van der Waals surface area contributed by atoms with Gasteiger partial charge < -0.3 is 9.67 Å². The molecule has 0 aromatic carbocycles. The normalized spacial score (nSPS) is 19.9. The first-order valence-electron chi connectivity index (χ1n) is 6.49. The lowest BCUT2D eigenvalue weighted by Crippen LogP contribution is -2.26. The van der Waals surface area contributed by atoms with E-state index in [4.69, 9.17) is 0 Å². The molecule has 0 bridgehead atoms. The van der Waals surface area contributed by atoms with Crippen molar-refractivity contribution in [3.63, 3.8) is 0 Å². The van der Waals surface area contributed by atoms with Gasteiger partial charge in [0, 0.05) is 25.4 Å². The molecule has 1 unspecified atom stereocenters. The fourth-order valence-electron chi connectivity index (χ4n) is 2.69. The Hall–Kier alpha value is -0.830. The number of aliphatic hydroxyl groups excluding tert-OH is 1. The summed E-state index contributed by atoms with van der Waals surface area (Å²) in [7, 11) is 0. The highest BCUT2D eigenvalue weighted by Crippen LogP contribution is 2.27. The summed E-state index contributed by atoms with van der Waals surface area (Å²) in [6, 6.07) is 0. The maximum atomic E-state index is 10.2. The fourth-order valence-corrected chi connectivity index (χ4v) is 2.69. The first-order chi connectivity index (χ1) is 7.81. The van der Waals surface area contributed by atoms with E-state index in [1.54, 1.807) is 0 Å². The number of aromatic nitrogens is 2. The first-order valence-corrected chi connectivity index (χ1v) is 6.49. The van der Waals surface area contributed by atoms with Gasteiger partial charge in [-0.1, -0.05) is 19.3 Å². The third kappa shape index (κ3) is 2.64. The number of imidazole rings is 1. The summed E-state index contributed by atoms with van der Waals surface area (Å²) < 4.78 is 2.12. The molecule has 1 N–H and O–H groups in total. The van der Waals surface area contributed by atoms with Crippen molar-refractivity contribution in [2.24, 2.45) is 5.92 Å². The molecular weight excluding hydrogens is 200 g/mol. The van der Waals surface area contributed by atoms with E-state index < -0.39 is 0 Å². The van der Waals surface area contributed by atoms with Gasteiger partial charge in [0.25, 0.3) is 0 Å². The summed E-state index contributed by atoms with van der Waals surface area (Å²) in [6.07, 6.45) is 10.6. The maximum absolute atomic E-state index is 10.2. The van der Waals surface area contributed by atoms with Crippen LogP contribution in [0.5, 0.6) is 0 Å². The minimum Gasteiger partial charge on any atom is -0.392 e. The van der Waals surface area contributed by atoms with Crippen LogP contribution < -0.4 is 0 Å². The lowest BCUT2D eigenvalue weighted by molar-refractivity contribution is 0.0826. The average Bonchev–Trinajstić information content (AvgIpc) is 2.77. The molecule has 1 fully saturated rings. The van der Waals surface area contributed by atoms with Crippen molar-refractivity contribution < 1.29 is 5.11 Å². The van der Waals surface area contributed by atoms with Gasteiger partial charge in [0.1, 0.15) is 5.82 Å². The number of aliphatic hydroxyl groups is 1. The molecule has 1 heterocycles. The topological polar surface area (TPSA) is 38.0 Å². The third-order valence-corrected chi connectivity index (χ3v) is 3.73. The minimum atomic E-state index is -0.201. The molecule has 1 aromatic rings. The van der Waals surface area contributed by atoms with Gasteiger partial charge >= 0.3 is 0 Å². The molecule has 3 nitrogen and oxygen atoms in total. The molecule has 1 saturated carbocycles. The monoisotopic (exact) mass is 222 g/mol. The van der Waals surface area contributed by atoms with E-state index in [0.717, 1.165) is 12.4 Å². The summed E-state index contributed by atoms with van der Waals surface area (Å²) in [5.74, 6) is 1.52. The van der Waals surface area contributed by atoms with Crippen molar-refractivity contribution in [2.45, 2.75) is 58.1 Å². The van der Waals surface area contributed by atoms with Crippen LogP contribution >= 0.6 is 0 Å². The van der Waals surface area contributed by atoms with E-state index in [0.29, 0.717) is 12.3 Å². The third-order valence-electron chi connectivity index (χ3n) is 3.73. The van der Waals surface area contributed by atoms with Gasteiger partial charge in [-0.3, -0.25) is 0 Å². The van der Waals surface area contributed by atoms with Crippen LogP contribution in [0.15, 0.2) is 12.4 Å². The molecule has 0 saturated heterocycles. The van der Waals surface area contributed by atoms with Crippen LogP contribution in [0.4, 0.5) is 0 Å². The number of aryl methyl sites for hydroxylation is 1. The molecule has 1 aromatic heterocycles. The van der Waals surface area contributed by atoms with Gasteiger partial charge in [-0.2, -0.15) is 0 Å². The summed E-state index contributed by atoms with van der Waals surface area (Å²) in [4.78, 5) is 4.32. The zero-order valence-electron chi connectivity index (χ0n) is 10.1. The summed E-state index contributed by atoms with van der Waals surface area (Å²) in [5, 5.41) is 10.2. The minimum absolute atomic E-state index is 0.201. The number of hydrogen-bond acceptors (Lipinski definition) is 2. The van der Waals surface area contributed by atoms with Gasteiger partial charge in [-0.15, -0.1) is 0 Å². The molecule has 16 heavy (non-hydrogen) atoms. The Bertz CT molecular complexity index is 315. The van der Waals surface area contributed by atoms with E-state index in [9.17, 15) is 5.11 Å². The van der Waals surface area contributed by atoms with Crippen LogP contribution in [0.2, 0.25) is 0 Å². The van der Waals surface area contributed by atoms with Crippen molar-refractivity contribution >= 4 is 0 Å². The van der Waals surface area contributed by atoms with E-state index in [-0.39, 0.29) is 6.10 Å². The Balaban J connectivity index is 1.93. The fraction of sp³-hybridized carbons (Fsp3) is 0.769. The Morgan fingerprint density at radius 3 is 2.88 bits per heavy atom. The molecule has 1 aliphatic rings. The molecule has 2 rings (SSSR count). The van der Waals surface area contributed by atoms with Crippen molar-refractivity contribution in [3.8, 4) is 0 Å². The van der Waals surface area contributed by atoms with Crippen LogP contribution in [-0.2, 0) is 13.0 Å². The molecule has 3 heteroatoms. The smallest absolute Gasteiger partial charge is 0.111 e. The molecule has 0 radical (unpaired) electrons. The summed E-state index contributed by atoms with van der Waals surface area (Å²) in [5.41, 5.74) is 0. The molecular formula is C13H22N2O. The zero-order valence-corrected chi connectivity index (χ0v) is 10.1. The maximum Gasteiger partial charge on any atom is 0.111 e. The lowest BCUT2D eigenvalue weighted by atomic mass is 9.84. The molecule has 1 atom stereocenters. The Morgan fingerprint density at radius 2 is 2.19 bits per heavy atom. The van der Waals surface area contributed by atoms with Crippen molar-refractivity contribution in [3.05, 3.63) is 18.2 Å². The summed E-state index contributed by atoms with van der Waals surface area (Å²) >= 11 is 0. The first kappa shape index (κ1) is 11.6. The van der Waals surface area contributed by atoms with Gasteiger partial charge in [-0.05, 0) is 25.7 Å². The Kier molecular flexibility index (Phi) is 3.99. The van der Waals surface area contributed by atoms with Gasteiger partial charge in [0.05, 0.1) is 6.10 Å². The predicted molar refractivity (Wildman–Crippen MR) is 64.2 cm³/mol. The van der Waals surface area contributed by atoms with Crippen molar-refractivity contribution in [1.29, 1.82) is 0 Å². The number of nitrogens with zero attached hydrogens (tertiary/aromatic N) is 2. The highest BCUT2D eigenvalue weighted by atomic mass is 16.3. The van der Waals surface area contributed by atoms with Gasteiger partial charge in [0.2, 0.25) is 0 Å². The Labute approximate surface area is 97.5 Å². The second-order valence-corrected chi connectivity index (χ2v) is 4.80. The van der Waals surface area contributed by atoms with Crippen LogP contribution in [-0.4, -0.2) is 20.8 Å². The largest absolute Gasteiger partial charge is 0.392 e. The second-order valence-electron chi connectivity index (χ2n) is 4.80. The van der Waals surface area contributed by atoms with Crippen molar-refractivity contribution in [2.75, 3.05) is 0 Å². The summed E-state index contributed by atoms with van der Waals surface area (Å²) in [6.45, 7) is 3.05. The number of rotatable bonds is 4. The Morgan fingerprint density at radius 1 is 1.44 bits per heavy atom. The molecule has 0 aliphatic heterocycles. The van der Waals surface area contributed by atoms with E-state index >= 15 is 0 Å². The molecule has 0 spiro atoms. The van der Waals surface area contributed by atoms with E-state index in [1.807, 2.05) is 12.4 Å². The lowest BCUT2D eigenvalue weighted by Gasteiger charge is -2.26. The van der Waals surface area contributed by atoms with Crippen molar-refractivity contribution in [1.82, 2.24) is 9.55 Å². The predicted octanol–water partition coefficient (Wildman–Crippen LogP) is 2.39. The van der Waals surface area contributed by atoms with Crippen LogP contribution in [0.1, 0.15) is 44.9 Å². The van der Waals surface area contributed by atoms with Gasteiger partial charge in [0.15, 0.2) is 0 Å². The van der Waals surface area contributed by atoms with Crippen LogP contribution in [0.25, 0.3) is 0 Å². The highest BCUT2D eigenvalue weighted by Gasteiger charge is 2.22. The molecule has 0 amide bonds. The highest BCUT2D eigenvalue weighted by molar-refractivity contribution is 4.95. The molecule has 90 valence electrons. The van der Waals surface area contributed by atoms with Gasteiger partial charge in [-0.25, -0.2) is 4.98 Å². The zero-order chi connectivity index (χ0) is 11.4. The second kappa shape index (κ2) is 5.48. The SMILES string of the molecule is CCn1ccnc1CC(O)C1CCCCC1. The average molecular weight is 222 g/mol. The van der Waals surface area contributed by atoms with Crippen LogP contribution in [0.3, 0.4) is 0 Å². The molecule has 1 aliphatic carbocycles. The quantitative estimate of drug-likeness (QED) is 0.849. The number of hydrogen-bond donors (Lipinski definition) is 1. The van der Waals surface area contributed by atoms with E-state index in [1.165, 1.54) is 32.1 Å². The standard InChI is InChI=1S/C13H22N2O/c1-2-15-9-8-14-13(15)10-12(16)11-6-4-3-5-7-11/h8-9,11-12,16H,2-7,10H2,1H3.